The predicted molar refractivity (Wildman–Crippen MR) is 105 cm³/mol. The lowest BCUT2D eigenvalue weighted by molar-refractivity contribution is 0.0951. The number of benzene rings is 1. The number of carbonyl (C=O) groups is 1. The fourth-order valence-electron chi connectivity index (χ4n) is 3.33. The molecule has 1 fully saturated rings. The Bertz CT molecular complexity index is 707. The number of amides is 1. The van der Waals surface area contributed by atoms with Crippen molar-refractivity contribution in [3.8, 4) is 0 Å². The molecular weight excluding hydrogens is 348 g/mol. The lowest BCUT2D eigenvalue weighted by atomic mass is 10.2. The number of nitrogens with one attached hydrogen (secondary N) is 1. The molecule has 1 aliphatic rings. The molecule has 5 nitrogen and oxygen atoms in total. The maximum Gasteiger partial charge on any atom is 0.254 e. The van der Waals surface area contributed by atoms with Crippen molar-refractivity contribution in [2.75, 3.05) is 26.2 Å². The van der Waals surface area contributed by atoms with Gasteiger partial charge in [0.2, 0.25) is 0 Å². The van der Waals surface area contributed by atoms with Crippen molar-refractivity contribution in [3.63, 3.8) is 0 Å². The number of halogens is 1. The van der Waals surface area contributed by atoms with Gasteiger partial charge in [-0.25, -0.2) is 0 Å². The summed E-state index contributed by atoms with van der Waals surface area (Å²) in [6.07, 6.45) is 9.68. The SMILES string of the molecule is O=C(NCCCN1CCCCCC1)c1cnn(Cc2ccccc2Cl)c1. The van der Waals surface area contributed by atoms with Crippen molar-refractivity contribution in [1.29, 1.82) is 0 Å². The summed E-state index contributed by atoms with van der Waals surface area (Å²) in [6, 6.07) is 7.67. The molecule has 1 aliphatic heterocycles. The molecule has 0 unspecified atom stereocenters. The van der Waals surface area contributed by atoms with Crippen molar-refractivity contribution >= 4 is 17.5 Å². The van der Waals surface area contributed by atoms with Gasteiger partial charge in [-0.05, 0) is 50.5 Å². The molecule has 3 rings (SSSR count). The van der Waals surface area contributed by atoms with Gasteiger partial charge in [0.1, 0.15) is 0 Å². The van der Waals surface area contributed by atoms with Crippen LogP contribution in [0.1, 0.15) is 48.0 Å². The van der Waals surface area contributed by atoms with Crippen LogP contribution in [-0.4, -0.2) is 46.8 Å². The van der Waals surface area contributed by atoms with Crippen LogP contribution >= 0.6 is 11.6 Å². The minimum absolute atomic E-state index is 0.0636. The fraction of sp³-hybridized carbons (Fsp3) is 0.500. The molecule has 1 aromatic heterocycles. The van der Waals surface area contributed by atoms with Gasteiger partial charge in [0, 0.05) is 17.8 Å². The van der Waals surface area contributed by atoms with Crippen LogP contribution in [0.2, 0.25) is 5.02 Å². The van der Waals surface area contributed by atoms with Crippen LogP contribution in [0.15, 0.2) is 36.7 Å². The lowest BCUT2D eigenvalue weighted by Gasteiger charge is -2.19. The summed E-state index contributed by atoms with van der Waals surface area (Å²) >= 11 is 6.18. The first-order chi connectivity index (χ1) is 12.7. The van der Waals surface area contributed by atoms with Crippen molar-refractivity contribution < 1.29 is 4.79 Å². The number of likely N-dealkylation sites (tertiary alicyclic amines) is 1. The zero-order valence-electron chi connectivity index (χ0n) is 15.2. The highest BCUT2D eigenvalue weighted by molar-refractivity contribution is 6.31. The smallest absolute Gasteiger partial charge is 0.254 e. The van der Waals surface area contributed by atoms with E-state index >= 15 is 0 Å². The Balaban J connectivity index is 1.42. The number of rotatable bonds is 7. The van der Waals surface area contributed by atoms with Crippen molar-refractivity contribution in [2.45, 2.75) is 38.6 Å². The van der Waals surface area contributed by atoms with E-state index in [9.17, 15) is 4.79 Å². The Morgan fingerprint density at radius 1 is 1.15 bits per heavy atom. The fourth-order valence-corrected chi connectivity index (χ4v) is 3.53. The highest BCUT2D eigenvalue weighted by Gasteiger charge is 2.11. The largest absolute Gasteiger partial charge is 0.352 e. The summed E-state index contributed by atoms with van der Waals surface area (Å²) in [5.74, 6) is -0.0636. The molecule has 0 atom stereocenters. The van der Waals surface area contributed by atoms with Crippen LogP contribution in [0, 0.1) is 0 Å². The van der Waals surface area contributed by atoms with Gasteiger partial charge in [0.05, 0.1) is 18.3 Å². The Morgan fingerprint density at radius 3 is 2.69 bits per heavy atom. The zero-order chi connectivity index (χ0) is 18.2. The van der Waals surface area contributed by atoms with Crippen molar-refractivity contribution in [3.05, 3.63) is 52.8 Å². The normalized spacial score (nSPS) is 15.6. The molecule has 2 aromatic rings. The molecule has 0 saturated carbocycles. The molecule has 0 bridgehead atoms. The molecule has 0 radical (unpaired) electrons. The summed E-state index contributed by atoms with van der Waals surface area (Å²) in [5, 5.41) is 7.98. The van der Waals surface area contributed by atoms with E-state index in [-0.39, 0.29) is 5.91 Å². The minimum Gasteiger partial charge on any atom is -0.352 e. The standard InChI is InChI=1S/C20H27ClN4O/c21-19-9-4-3-8-17(19)15-25-16-18(14-23-25)20(26)22-10-7-13-24-11-5-1-2-6-12-24/h3-4,8-9,14,16H,1-2,5-7,10-13,15H2,(H,22,26). The van der Waals surface area contributed by atoms with Crippen molar-refractivity contribution in [1.82, 2.24) is 20.0 Å². The third-order valence-corrected chi connectivity index (χ3v) is 5.19. The second kappa shape index (κ2) is 9.74. The molecule has 26 heavy (non-hydrogen) atoms. The van der Waals surface area contributed by atoms with Gasteiger partial charge in [-0.15, -0.1) is 0 Å². The molecule has 2 heterocycles. The molecule has 140 valence electrons. The van der Waals surface area contributed by atoms with E-state index in [1.54, 1.807) is 17.1 Å². The summed E-state index contributed by atoms with van der Waals surface area (Å²) in [7, 11) is 0. The van der Waals surface area contributed by atoms with E-state index < -0.39 is 0 Å². The second-order valence-corrected chi connectivity index (χ2v) is 7.29. The molecule has 1 amide bonds. The Kier molecular flexibility index (Phi) is 7.09. The number of hydrogen-bond acceptors (Lipinski definition) is 3. The first-order valence-electron chi connectivity index (χ1n) is 9.49. The Morgan fingerprint density at radius 2 is 1.92 bits per heavy atom. The number of nitrogens with zero attached hydrogens (tertiary/aromatic N) is 3. The third-order valence-electron chi connectivity index (χ3n) is 4.82. The molecular formula is C20H27ClN4O. The lowest BCUT2D eigenvalue weighted by Crippen LogP contribution is -2.30. The number of aromatic nitrogens is 2. The third kappa shape index (κ3) is 5.58. The van der Waals surface area contributed by atoms with Gasteiger partial charge in [-0.2, -0.15) is 5.10 Å². The van der Waals surface area contributed by atoms with Crippen LogP contribution in [0.5, 0.6) is 0 Å². The summed E-state index contributed by atoms with van der Waals surface area (Å²) < 4.78 is 1.74. The van der Waals surface area contributed by atoms with Gasteiger partial charge in [0.25, 0.3) is 5.91 Å². The van der Waals surface area contributed by atoms with E-state index in [0.29, 0.717) is 23.7 Å². The van der Waals surface area contributed by atoms with Gasteiger partial charge < -0.3 is 10.2 Å². The van der Waals surface area contributed by atoms with Gasteiger partial charge >= 0.3 is 0 Å². The highest BCUT2D eigenvalue weighted by atomic mass is 35.5. The first-order valence-corrected chi connectivity index (χ1v) is 9.86. The maximum absolute atomic E-state index is 12.3. The van der Waals surface area contributed by atoms with Crippen LogP contribution in [0.3, 0.4) is 0 Å². The topological polar surface area (TPSA) is 50.2 Å². The van der Waals surface area contributed by atoms with E-state index in [1.165, 1.54) is 38.8 Å². The van der Waals surface area contributed by atoms with E-state index in [2.05, 4.69) is 15.3 Å². The van der Waals surface area contributed by atoms with Crippen LogP contribution in [-0.2, 0) is 6.54 Å². The molecule has 1 N–H and O–H groups in total. The van der Waals surface area contributed by atoms with E-state index in [1.807, 2.05) is 24.3 Å². The second-order valence-electron chi connectivity index (χ2n) is 6.88. The average molecular weight is 375 g/mol. The zero-order valence-corrected chi connectivity index (χ0v) is 15.9. The predicted octanol–water partition coefficient (Wildman–Crippen LogP) is 3.58. The van der Waals surface area contributed by atoms with E-state index in [0.717, 1.165) is 18.5 Å². The summed E-state index contributed by atoms with van der Waals surface area (Å²) in [4.78, 5) is 14.8. The van der Waals surface area contributed by atoms with Crippen LogP contribution in [0.25, 0.3) is 0 Å². The molecule has 1 aromatic carbocycles. The summed E-state index contributed by atoms with van der Waals surface area (Å²) in [6.45, 7) is 4.71. The maximum atomic E-state index is 12.3. The minimum atomic E-state index is -0.0636. The van der Waals surface area contributed by atoms with Gasteiger partial charge in [0.15, 0.2) is 0 Å². The molecule has 0 aliphatic carbocycles. The van der Waals surface area contributed by atoms with E-state index in [4.69, 9.17) is 11.6 Å². The van der Waals surface area contributed by atoms with Crippen LogP contribution < -0.4 is 5.32 Å². The molecule has 0 spiro atoms. The number of carbonyl (C=O) groups excluding carboxylic acids is 1. The highest BCUT2D eigenvalue weighted by Crippen LogP contribution is 2.16. The van der Waals surface area contributed by atoms with Crippen LogP contribution in [0.4, 0.5) is 0 Å². The Hall–Kier alpha value is -1.85. The summed E-state index contributed by atoms with van der Waals surface area (Å²) in [5.41, 5.74) is 1.58. The first kappa shape index (κ1) is 18.9. The quantitative estimate of drug-likeness (QED) is 0.753. The number of hydrogen-bond donors (Lipinski definition) is 1. The van der Waals surface area contributed by atoms with Crippen molar-refractivity contribution in [2.24, 2.45) is 0 Å². The molecule has 6 heteroatoms. The molecule has 1 saturated heterocycles. The Labute approximate surface area is 160 Å². The monoisotopic (exact) mass is 374 g/mol. The average Bonchev–Trinajstić information content (AvgIpc) is 2.95. The van der Waals surface area contributed by atoms with Gasteiger partial charge in [-0.1, -0.05) is 42.6 Å². The van der Waals surface area contributed by atoms with Gasteiger partial charge in [-0.3, -0.25) is 9.48 Å².